The van der Waals surface area contributed by atoms with E-state index in [-0.39, 0.29) is 16.2 Å². The Morgan fingerprint density at radius 1 is 0.516 bits per heavy atom. The van der Waals surface area contributed by atoms with Crippen molar-refractivity contribution in [2.24, 2.45) is 0 Å². The van der Waals surface area contributed by atoms with E-state index in [4.69, 9.17) is 0 Å². The lowest BCUT2D eigenvalue weighted by Gasteiger charge is -2.28. The van der Waals surface area contributed by atoms with Crippen LogP contribution in [0.15, 0.2) is 146 Å². The Morgan fingerprint density at radius 2 is 1.18 bits per heavy atom. The highest BCUT2D eigenvalue weighted by molar-refractivity contribution is 7.25. The molecule has 1 aliphatic heterocycles. The minimum Gasteiger partial charge on any atom is -0.355 e. The summed E-state index contributed by atoms with van der Waals surface area (Å²) in [5.74, 6) is 0. The number of thiophene rings is 1. The first-order valence-electron chi connectivity index (χ1n) is 22.1. The monoisotopic (exact) mass is 813 g/mol. The summed E-state index contributed by atoms with van der Waals surface area (Å²) in [5.41, 5.74) is 23.0. The van der Waals surface area contributed by atoms with Crippen LogP contribution in [0.2, 0.25) is 0 Å². The van der Waals surface area contributed by atoms with Crippen LogP contribution < -0.4 is 16.2 Å². The third-order valence-corrected chi connectivity index (χ3v) is 15.9. The van der Waals surface area contributed by atoms with Gasteiger partial charge in [-0.2, -0.15) is 0 Å². The molecule has 3 heterocycles. The molecule has 0 amide bonds. The lowest BCUT2D eigenvalue weighted by Crippen LogP contribution is -2.38. The lowest BCUT2D eigenvalue weighted by molar-refractivity contribution is 0.590. The molecule has 1 radical (unpaired) electrons. The Bertz CT molecular complexity index is 3610. The van der Waals surface area contributed by atoms with Gasteiger partial charge < -0.3 is 9.88 Å². The molecule has 0 saturated carbocycles. The van der Waals surface area contributed by atoms with Gasteiger partial charge in [0.2, 0.25) is 0 Å². The molecular weight excluding hydrogens is 768 g/mol. The standard InChI is InChI=1S/C58H46BN2S/c1-56(2,3)32-20-22-33(23-21-32)60-49-28-39-34-14-8-11-17-44(34)57(4,5)46(39)27-41(49)37-24-25-38-42-26-43-36-16-10-13-19-52(36)62-53(43)31-50(42)61-51-29-40-35-15-9-12-18-45(35)58(6,7)47(40)30-48(51)59-54(37)55(38)61/h8-31,60H,1-7H3. The van der Waals surface area contributed by atoms with E-state index in [9.17, 15) is 0 Å². The van der Waals surface area contributed by atoms with Crippen molar-refractivity contribution in [3.8, 4) is 39.1 Å². The Kier molecular flexibility index (Phi) is 7.13. The number of aromatic nitrogens is 1. The van der Waals surface area contributed by atoms with Gasteiger partial charge in [0.05, 0.1) is 5.52 Å². The SMILES string of the molecule is CC(C)(C)c1ccc(Nc2cc3c(cc2-c2ccc4c5cc6c(cc5n5c4c2[B]c2cc4c(cc2-5)-c2ccccc2C4(C)C)sc2ccccc26)C(C)(C)c2ccccc2-3)cc1. The third-order valence-electron chi connectivity index (χ3n) is 14.8. The molecule has 0 spiro atoms. The van der Waals surface area contributed by atoms with E-state index in [1.165, 1.54) is 120 Å². The van der Waals surface area contributed by atoms with E-state index in [1.54, 1.807) is 0 Å². The van der Waals surface area contributed by atoms with Crippen LogP contribution >= 0.6 is 11.3 Å². The Hall–Kier alpha value is -6.36. The first-order valence-corrected chi connectivity index (χ1v) is 22.9. The van der Waals surface area contributed by atoms with Gasteiger partial charge in [0.25, 0.3) is 0 Å². The number of hydrogen-bond acceptors (Lipinski definition) is 2. The van der Waals surface area contributed by atoms with Crippen molar-refractivity contribution in [2.75, 3.05) is 5.32 Å². The normalized spacial score (nSPS) is 15.1. The molecule has 8 aromatic carbocycles. The topological polar surface area (TPSA) is 17.0 Å². The van der Waals surface area contributed by atoms with Crippen LogP contribution in [-0.4, -0.2) is 11.8 Å². The largest absolute Gasteiger partial charge is 0.355 e. The summed E-state index contributed by atoms with van der Waals surface area (Å²) in [5, 5.41) is 9.24. The summed E-state index contributed by atoms with van der Waals surface area (Å²) in [4.78, 5) is 0. The van der Waals surface area contributed by atoms with E-state index in [2.05, 4.69) is 211 Å². The molecule has 13 rings (SSSR count). The zero-order valence-electron chi connectivity index (χ0n) is 36.3. The second-order valence-corrected chi connectivity index (χ2v) is 21.1. The maximum absolute atomic E-state index is 3.99. The maximum Gasteiger partial charge on any atom is 0.197 e. The molecule has 2 aromatic heterocycles. The number of anilines is 2. The highest BCUT2D eigenvalue weighted by atomic mass is 32.1. The predicted octanol–water partition coefficient (Wildman–Crippen LogP) is 14.4. The van der Waals surface area contributed by atoms with Crippen molar-refractivity contribution in [3.05, 3.63) is 173 Å². The summed E-state index contributed by atoms with van der Waals surface area (Å²) >= 11 is 1.90. The molecule has 62 heavy (non-hydrogen) atoms. The maximum atomic E-state index is 3.99. The number of benzene rings is 8. The summed E-state index contributed by atoms with van der Waals surface area (Å²) in [7, 11) is 2.51. The molecule has 10 aromatic rings. The lowest BCUT2D eigenvalue weighted by atomic mass is 9.58. The second-order valence-electron chi connectivity index (χ2n) is 20.1. The summed E-state index contributed by atoms with van der Waals surface area (Å²) in [6, 6.07) is 55.7. The first kappa shape index (κ1) is 36.3. The van der Waals surface area contributed by atoms with Crippen LogP contribution in [-0.2, 0) is 16.2 Å². The molecular formula is C58H46BN2S. The summed E-state index contributed by atoms with van der Waals surface area (Å²) < 4.78 is 5.27. The van der Waals surface area contributed by atoms with Crippen molar-refractivity contribution in [1.82, 2.24) is 4.57 Å². The van der Waals surface area contributed by atoms with Crippen molar-refractivity contribution in [1.29, 1.82) is 0 Å². The molecule has 2 nitrogen and oxygen atoms in total. The van der Waals surface area contributed by atoms with E-state index < -0.39 is 0 Å². The van der Waals surface area contributed by atoms with Gasteiger partial charge in [0, 0.05) is 69.9 Å². The van der Waals surface area contributed by atoms with Gasteiger partial charge in [-0.25, -0.2) is 0 Å². The van der Waals surface area contributed by atoms with Gasteiger partial charge in [0.15, 0.2) is 7.28 Å². The summed E-state index contributed by atoms with van der Waals surface area (Å²) in [6.07, 6.45) is 0. The summed E-state index contributed by atoms with van der Waals surface area (Å²) in [6.45, 7) is 16.4. The quantitative estimate of drug-likeness (QED) is 0.176. The van der Waals surface area contributed by atoms with Crippen LogP contribution in [0, 0.1) is 0 Å². The van der Waals surface area contributed by atoms with Gasteiger partial charge in [-0.15, -0.1) is 11.3 Å². The molecule has 0 fully saturated rings. The van der Waals surface area contributed by atoms with Crippen molar-refractivity contribution >= 4 is 82.9 Å². The molecule has 4 heteroatoms. The van der Waals surface area contributed by atoms with Crippen molar-refractivity contribution in [2.45, 2.75) is 64.7 Å². The number of rotatable bonds is 3. The fourth-order valence-corrected chi connectivity index (χ4v) is 12.6. The second kappa shape index (κ2) is 12.2. The highest BCUT2D eigenvalue weighted by Crippen LogP contribution is 2.53. The van der Waals surface area contributed by atoms with Crippen LogP contribution in [0.3, 0.4) is 0 Å². The van der Waals surface area contributed by atoms with E-state index in [0.717, 1.165) is 11.4 Å². The van der Waals surface area contributed by atoms with Gasteiger partial charge in [0.1, 0.15) is 0 Å². The number of fused-ring (bicyclic) bond motifs is 14. The zero-order chi connectivity index (χ0) is 42.0. The number of hydrogen-bond donors (Lipinski definition) is 1. The van der Waals surface area contributed by atoms with E-state index in [1.807, 2.05) is 11.3 Å². The fraction of sp³-hybridized carbons (Fsp3) is 0.172. The first-order chi connectivity index (χ1) is 29.9. The Labute approximate surface area is 368 Å². The third kappa shape index (κ3) is 4.82. The van der Waals surface area contributed by atoms with Gasteiger partial charge in [-0.1, -0.05) is 151 Å². The average molecular weight is 814 g/mol. The molecule has 0 bridgehead atoms. The Morgan fingerprint density at radius 3 is 1.90 bits per heavy atom. The predicted molar refractivity (Wildman–Crippen MR) is 268 cm³/mol. The number of nitrogens with zero attached hydrogens (tertiary/aromatic N) is 1. The van der Waals surface area contributed by atoms with Crippen LogP contribution in [0.5, 0.6) is 0 Å². The Balaban J connectivity index is 1.10. The molecule has 0 atom stereocenters. The number of nitrogens with one attached hydrogen (secondary N) is 1. The minimum atomic E-state index is -0.143. The zero-order valence-corrected chi connectivity index (χ0v) is 37.1. The molecule has 1 N–H and O–H groups in total. The average Bonchev–Trinajstić information content (AvgIpc) is 3.93. The van der Waals surface area contributed by atoms with E-state index >= 15 is 0 Å². The molecule has 0 unspecified atom stereocenters. The molecule has 0 saturated heterocycles. The minimum absolute atomic E-state index is 0.0789. The van der Waals surface area contributed by atoms with Crippen molar-refractivity contribution in [3.63, 3.8) is 0 Å². The molecule has 2 aliphatic carbocycles. The highest BCUT2D eigenvalue weighted by Gasteiger charge is 2.39. The fourth-order valence-electron chi connectivity index (χ4n) is 11.5. The van der Waals surface area contributed by atoms with Gasteiger partial charge in [-0.05, 0) is 115 Å². The van der Waals surface area contributed by atoms with Crippen molar-refractivity contribution < 1.29 is 0 Å². The van der Waals surface area contributed by atoms with E-state index in [0.29, 0.717) is 0 Å². The molecule has 3 aliphatic rings. The van der Waals surface area contributed by atoms with Crippen LogP contribution in [0.25, 0.3) is 81.0 Å². The van der Waals surface area contributed by atoms with Crippen LogP contribution in [0.4, 0.5) is 11.4 Å². The van der Waals surface area contributed by atoms with Gasteiger partial charge in [-0.3, -0.25) is 0 Å². The molecule has 297 valence electrons. The smallest absolute Gasteiger partial charge is 0.197 e. The van der Waals surface area contributed by atoms with Gasteiger partial charge >= 0.3 is 0 Å². The van der Waals surface area contributed by atoms with Crippen LogP contribution in [0.1, 0.15) is 76.3 Å².